The van der Waals surface area contributed by atoms with Crippen LogP contribution in [0.25, 0.3) is 0 Å². The fourth-order valence-corrected chi connectivity index (χ4v) is 3.00. The van der Waals surface area contributed by atoms with Crippen LogP contribution in [0.4, 0.5) is 0 Å². The van der Waals surface area contributed by atoms with E-state index in [2.05, 4.69) is 10.1 Å². The fourth-order valence-electron chi connectivity index (χ4n) is 3.00. The minimum Gasteiger partial charge on any atom is -0.482 e. The summed E-state index contributed by atoms with van der Waals surface area (Å²) in [6, 6.07) is 5.81. The number of ether oxygens (including phenoxy) is 1. The van der Waals surface area contributed by atoms with Crippen LogP contribution in [0.3, 0.4) is 0 Å². The van der Waals surface area contributed by atoms with Gasteiger partial charge in [-0.25, -0.2) is 0 Å². The van der Waals surface area contributed by atoms with Gasteiger partial charge in [0.05, 0.1) is 6.20 Å². The highest BCUT2D eigenvalue weighted by Crippen LogP contribution is 2.20. The molecule has 122 valence electrons. The Labute approximate surface area is 136 Å². The van der Waals surface area contributed by atoms with Crippen LogP contribution >= 0.6 is 0 Å². The van der Waals surface area contributed by atoms with Crippen LogP contribution in [0, 0.1) is 0 Å². The molecule has 1 aliphatic heterocycles. The molecule has 0 saturated carbocycles. The summed E-state index contributed by atoms with van der Waals surface area (Å²) < 4.78 is 7.47. The molecular weight excluding hydrogens is 292 g/mol. The van der Waals surface area contributed by atoms with Crippen LogP contribution in [-0.2, 0) is 11.3 Å². The van der Waals surface area contributed by atoms with E-state index in [-0.39, 0.29) is 18.6 Å². The van der Waals surface area contributed by atoms with Crippen molar-refractivity contribution in [3.63, 3.8) is 0 Å². The summed E-state index contributed by atoms with van der Waals surface area (Å²) in [7, 11) is 0. The zero-order valence-electron chi connectivity index (χ0n) is 13.2. The molecule has 0 spiro atoms. The van der Waals surface area contributed by atoms with Crippen molar-refractivity contribution < 1.29 is 9.53 Å². The molecule has 2 aromatic heterocycles. The van der Waals surface area contributed by atoms with Crippen molar-refractivity contribution in [3.05, 3.63) is 43.0 Å². The Hall–Kier alpha value is -2.37. The molecule has 0 radical (unpaired) electrons. The summed E-state index contributed by atoms with van der Waals surface area (Å²) in [4.78, 5) is 18.5. The Morgan fingerprint density at radius 1 is 1.30 bits per heavy atom. The largest absolute Gasteiger partial charge is 0.482 e. The van der Waals surface area contributed by atoms with E-state index < -0.39 is 0 Å². The minimum absolute atomic E-state index is 0.0546. The van der Waals surface area contributed by atoms with Crippen molar-refractivity contribution in [2.75, 3.05) is 13.2 Å². The zero-order chi connectivity index (χ0) is 15.9. The standard InChI is InChI=1S/C17H22N4O2/c22-17(14-23-16-6-3-8-18-13-16)21-11-2-1-5-15(21)7-12-20-10-4-9-19-20/h3-4,6,8-10,13,15H,1-2,5,7,11-12,14H2/t15-/m1/s1. The number of hydrogen-bond donors (Lipinski definition) is 0. The molecule has 0 unspecified atom stereocenters. The lowest BCUT2D eigenvalue weighted by atomic mass is 9.99. The number of carbonyl (C=O) groups excluding carboxylic acids is 1. The molecule has 23 heavy (non-hydrogen) atoms. The lowest BCUT2D eigenvalue weighted by Gasteiger charge is -2.35. The molecule has 0 bridgehead atoms. The Morgan fingerprint density at radius 2 is 2.26 bits per heavy atom. The first-order valence-corrected chi connectivity index (χ1v) is 8.12. The quantitative estimate of drug-likeness (QED) is 0.819. The van der Waals surface area contributed by atoms with Crippen LogP contribution in [0.2, 0.25) is 0 Å². The van der Waals surface area contributed by atoms with E-state index in [0.717, 1.165) is 32.4 Å². The second-order valence-corrected chi connectivity index (χ2v) is 5.77. The first-order chi connectivity index (χ1) is 11.3. The van der Waals surface area contributed by atoms with Crippen LogP contribution in [-0.4, -0.2) is 44.8 Å². The average Bonchev–Trinajstić information content (AvgIpc) is 3.12. The lowest BCUT2D eigenvalue weighted by molar-refractivity contribution is -0.137. The summed E-state index contributed by atoms with van der Waals surface area (Å²) in [6.45, 7) is 1.73. The van der Waals surface area contributed by atoms with Gasteiger partial charge in [0.2, 0.25) is 0 Å². The number of amides is 1. The smallest absolute Gasteiger partial charge is 0.260 e. The topological polar surface area (TPSA) is 60.2 Å². The highest BCUT2D eigenvalue weighted by Gasteiger charge is 2.26. The first-order valence-electron chi connectivity index (χ1n) is 8.12. The Balaban J connectivity index is 1.53. The average molecular weight is 314 g/mol. The van der Waals surface area contributed by atoms with Gasteiger partial charge in [-0.15, -0.1) is 0 Å². The minimum atomic E-state index is 0.0546. The molecule has 3 rings (SSSR count). The number of pyridine rings is 1. The van der Waals surface area contributed by atoms with E-state index in [1.165, 1.54) is 6.42 Å². The molecule has 1 amide bonds. The maximum atomic E-state index is 12.5. The molecule has 6 nitrogen and oxygen atoms in total. The second-order valence-electron chi connectivity index (χ2n) is 5.77. The molecule has 1 aliphatic rings. The maximum absolute atomic E-state index is 12.5. The van der Waals surface area contributed by atoms with E-state index in [9.17, 15) is 4.79 Å². The lowest BCUT2D eigenvalue weighted by Crippen LogP contribution is -2.46. The van der Waals surface area contributed by atoms with Gasteiger partial charge in [-0.3, -0.25) is 14.5 Å². The number of likely N-dealkylation sites (tertiary alicyclic amines) is 1. The van der Waals surface area contributed by atoms with Gasteiger partial charge in [0.15, 0.2) is 6.61 Å². The third kappa shape index (κ3) is 4.31. The summed E-state index contributed by atoms with van der Waals surface area (Å²) in [5.74, 6) is 0.685. The van der Waals surface area contributed by atoms with Crippen molar-refractivity contribution >= 4 is 5.91 Å². The molecule has 6 heteroatoms. The van der Waals surface area contributed by atoms with Crippen LogP contribution in [0.5, 0.6) is 5.75 Å². The van der Waals surface area contributed by atoms with Gasteiger partial charge in [-0.1, -0.05) is 0 Å². The SMILES string of the molecule is O=C(COc1cccnc1)N1CCCC[C@@H]1CCn1cccn1. The fraction of sp³-hybridized carbons (Fsp3) is 0.471. The molecule has 0 aromatic carbocycles. The monoisotopic (exact) mass is 314 g/mol. The molecule has 0 aliphatic carbocycles. The van der Waals surface area contributed by atoms with Gasteiger partial charge in [0.25, 0.3) is 5.91 Å². The number of carbonyl (C=O) groups is 1. The predicted molar refractivity (Wildman–Crippen MR) is 85.9 cm³/mol. The van der Waals surface area contributed by atoms with Gasteiger partial charge in [0, 0.05) is 37.7 Å². The highest BCUT2D eigenvalue weighted by molar-refractivity contribution is 5.78. The van der Waals surface area contributed by atoms with Crippen LogP contribution in [0.1, 0.15) is 25.7 Å². The second kappa shape index (κ2) is 7.76. The van der Waals surface area contributed by atoms with E-state index >= 15 is 0 Å². The molecule has 3 heterocycles. The van der Waals surface area contributed by atoms with Crippen LogP contribution in [0.15, 0.2) is 43.0 Å². The van der Waals surface area contributed by atoms with E-state index in [4.69, 9.17) is 4.74 Å². The number of rotatable bonds is 6. The molecular formula is C17H22N4O2. The summed E-state index contributed by atoms with van der Waals surface area (Å²) in [6.07, 6.45) is 11.3. The van der Waals surface area contributed by atoms with Crippen LogP contribution < -0.4 is 4.74 Å². The van der Waals surface area contributed by atoms with Gasteiger partial charge in [-0.2, -0.15) is 5.10 Å². The molecule has 1 saturated heterocycles. The molecule has 0 N–H and O–H groups in total. The highest BCUT2D eigenvalue weighted by atomic mass is 16.5. The zero-order valence-corrected chi connectivity index (χ0v) is 13.2. The van der Waals surface area contributed by atoms with Crippen molar-refractivity contribution in [1.82, 2.24) is 19.7 Å². The van der Waals surface area contributed by atoms with E-state index in [1.807, 2.05) is 27.9 Å². The van der Waals surface area contributed by atoms with E-state index in [0.29, 0.717) is 5.75 Å². The van der Waals surface area contributed by atoms with Crippen molar-refractivity contribution in [3.8, 4) is 5.75 Å². The third-order valence-electron chi connectivity index (χ3n) is 4.19. The Morgan fingerprint density at radius 3 is 3.04 bits per heavy atom. The first kappa shape index (κ1) is 15.5. The van der Waals surface area contributed by atoms with Crippen molar-refractivity contribution in [2.45, 2.75) is 38.3 Å². The Kier molecular flexibility index (Phi) is 5.24. The normalized spacial score (nSPS) is 17.9. The maximum Gasteiger partial charge on any atom is 0.260 e. The molecule has 1 fully saturated rings. The molecule has 1 atom stereocenters. The van der Waals surface area contributed by atoms with Crippen molar-refractivity contribution in [1.29, 1.82) is 0 Å². The number of aromatic nitrogens is 3. The van der Waals surface area contributed by atoms with Gasteiger partial charge >= 0.3 is 0 Å². The van der Waals surface area contributed by atoms with Gasteiger partial charge in [0.1, 0.15) is 5.75 Å². The van der Waals surface area contributed by atoms with E-state index in [1.54, 1.807) is 24.7 Å². The Bertz CT molecular complexity index is 600. The van der Waals surface area contributed by atoms with Gasteiger partial charge in [-0.05, 0) is 43.9 Å². The summed E-state index contributed by atoms with van der Waals surface area (Å²) >= 11 is 0. The van der Waals surface area contributed by atoms with Crippen molar-refractivity contribution in [2.24, 2.45) is 0 Å². The summed E-state index contributed by atoms with van der Waals surface area (Å²) in [5, 5.41) is 4.23. The third-order valence-corrected chi connectivity index (χ3v) is 4.19. The van der Waals surface area contributed by atoms with Gasteiger partial charge < -0.3 is 9.64 Å². The number of aryl methyl sites for hydroxylation is 1. The number of hydrogen-bond acceptors (Lipinski definition) is 4. The number of piperidine rings is 1. The summed E-state index contributed by atoms with van der Waals surface area (Å²) in [5.41, 5.74) is 0. The number of nitrogens with zero attached hydrogens (tertiary/aromatic N) is 4. The molecule has 2 aromatic rings. The predicted octanol–water partition coefficient (Wildman–Crippen LogP) is 2.13.